The largest absolute Gasteiger partial charge is 0.495 e. The number of nitrogens with one attached hydrogen (secondary N) is 1. The fourth-order valence-corrected chi connectivity index (χ4v) is 7.02. The summed E-state index contributed by atoms with van der Waals surface area (Å²) in [6.07, 6.45) is -0.228. The number of piperidine rings is 1. The first kappa shape index (κ1) is 29.2. The molecule has 1 amide bonds. The second-order valence-corrected chi connectivity index (χ2v) is 11.7. The van der Waals surface area contributed by atoms with Crippen LogP contribution in [0.2, 0.25) is 0 Å². The molecule has 0 radical (unpaired) electrons. The van der Waals surface area contributed by atoms with Crippen molar-refractivity contribution >= 4 is 40.2 Å². The molecule has 2 saturated heterocycles. The van der Waals surface area contributed by atoms with E-state index in [2.05, 4.69) is 20.2 Å². The molecular weight excluding hydrogens is 586 g/mol. The lowest BCUT2D eigenvalue weighted by Gasteiger charge is -2.35. The van der Waals surface area contributed by atoms with Crippen LogP contribution in [-0.4, -0.2) is 68.3 Å². The van der Waals surface area contributed by atoms with Crippen molar-refractivity contribution in [3.63, 3.8) is 0 Å². The number of benzene rings is 2. The number of aromatic nitrogens is 4. The van der Waals surface area contributed by atoms with Gasteiger partial charge in [0.2, 0.25) is 0 Å². The number of likely N-dealkylation sites (tertiary alicyclic amines) is 1. The van der Waals surface area contributed by atoms with Gasteiger partial charge in [0, 0.05) is 30.4 Å². The molecule has 2 aromatic carbocycles. The number of rotatable bonds is 6. The lowest BCUT2D eigenvalue weighted by molar-refractivity contribution is -0.137. The Labute approximate surface area is 248 Å². The quantitative estimate of drug-likeness (QED) is 0.268. The Kier molecular flexibility index (Phi) is 7.90. The normalized spacial score (nSPS) is 18.3. The zero-order chi connectivity index (χ0) is 30.3. The van der Waals surface area contributed by atoms with Crippen LogP contribution in [0, 0.1) is 5.82 Å². The topological polar surface area (TPSA) is 111 Å². The highest BCUT2D eigenvalue weighted by molar-refractivity contribution is 7.99. The lowest BCUT2D eigenvalue weighted by atomic mass is 10.0. The summed E-state index contributed by atoms with van der Waals surface area (Å²) in [6.45, 7) is 1.96. The van der Waals surface area contributed by atoms with Crippen LogP contribution >= 0.6 is 11.8 Å². The highest BCUT2D eigenvalue weighted by Gasteiger charge is 2.32. The van der Waals surface area contributed by atoms with Gasteiger partial charge in [-0.25, -0.2) is 19.0 Å². The van der Waals surface area contributed by atoms with Gasteiger partial charge >= 0.3 is 6.18 Å². The van der Waals surface area contributed by atoms with Crippen molar-refractivity contribution < 1.29 is 27.1 Å². The van der Waals surface area contributed by atoms with Crippen molar-refractivity contribution in [1.29, 1.82) is 0 Å². The standard InChI is InChI=1S/C29H29F4N7O2S/c1-42-23-12-16(2-5-22(23)37-28(41)20-4-3-17(13-21(20)30)29(31,32)33)25-24-26(34)35-15-36-27(24)40(38-25)18-6-9-39(10-7-18)19-8-11-43-14-19/h2-5,12-13,15,18-19H,6-11,14H2,1H3,(H,37,41)(H2,34,35,36). The number of hydrogen-bond donors (Lipinski definition) is 2. The minimum atomic E-state index is -4.73. The van der Waals surface area contributed by atoms with E-state index in [1.807, 2.05) is 16.4 Å². The molecule has 2 aliphatic heterocycles. The van der Waals surface area contributed by atoms with Gasteiger partial charge in [0.05, 0.1) is 35.4 Å². The van der Waals surface area contributed by atoms with Gasteiger partial charge in [-0.1, -0.05) is 6.07 Å². The SMILES string of the molecule is COc1cc(-c2nn(C3CCN(C4CCSC4)CC3)c3ncnc(N)c23)ccc1NC(=O)c1ccc(C(F)(F)F)cc1F. The van der Waals surface area contributed by atoms with Crippen molar-refractivity contribution in [3.05, 3.63) is 59.7 Å². The van der Waals surface area contributed by atoms with Crippen molar-refractivity contribution in [2.75, 3.05) is 42.8 Å². The first-order valence-corrected chi connectivity index (χ1v) is 15.0. The molecule has 0 bridgehead atoms. The van der Waals surface area contributed by atoms with Gasteiger partial charge in [-0.05, 0) is 55.3 Å². The summed E-state index contributed by atoms with van der Waals surface area (Å²) in [5.41, 5.74) is 6.60. The number of nitrogens with two attached hydrogens (primary N) is 1. The number of carbonyl (C=O) groups excluding carboxylic acids is 1. The summed E-state index contributed by atoms with van der Waals surface area (Å²) in [4.78, 5) is 24.1. The molecule has 2 fully saturated rings. The average molecular weight is 616 g/mol. The molecule has 9 nitrogen and oxygen atoms in total. The molecule has 43 heavy (non-hydrogen) atoms. The summed E-state index contributed by atoms with van der Waals surface area (Å²) in [5.74, 6) is 0.697. The van der Waals surface area contributed by atoms with Gasteiger partial charge in [-0.3, -0.25) is 9.69 Å². The average Bonchev–Trinajstić information content (AvgIpc) is 3.67. The smallest absolute Gasteiger partial charge is 0.416 e. The molecule has 0 aliphatic carbocycles. The van der Waals surface area contributed by atoms with Crippen LogP contribution in [0.25, 0.3) is 22.3 Å². The van der Waals surface area contributed by atoms with Crippen molar-refractivity contribution in [2.24, 2.45) is 0 Å². The zero-order valence-corrected chi connectivity index (χ0v) is 24.0. The van der Waals surface area contributed by atoms with Gasteiger partial charge in [0.25, 0.3) is 5.91 Å². The number of methoxy groups -OCH3 is 1. The minimum absolute atomic E-state index is 0.134. The number of amides is 1. The summed E-state index contributed by atoms with van der Waals surface area (Å²) in [5, 5.41) is 8.07. The Morgan fingerprint density at radius 3 is 2.56 bits per heavy atom. The molecule has 3 N–H and O–H groups in total. The maximum Gasteiger partial charge on any atom is 0.416 e. The number of anilines is 2. The van der Waals surface area contributed by atoms with E-state index in [9.17, 15) is 22.4 Å². The number of nitrogen functional groups attached to an aromatic ring is 1. The van der Waals surface area contributed by atoms with Crippen LogP contribution in [0.15, 0.2) is 42.7 Å². The Bertz CT molecular complexity index is 1660. The minimum Gasteiger partial charge on any atom is -0.495 e. The van der Waals surface area contributed by atoms with E-state index in [0.29, 0.717) is 40.5 Å². The van der Waals surface area contributed by atoms with Crippen LogP contribution < -0.4 is 15.8 Å². The predicted octanol–water partition coefficient (Wildman–Crippen LogP) is 5.64. The Balaban J connectivity index is 1.27. The number of fused-ring (bicyclic) bond motifs is 1. The van der Waals surface area contributed by atoms with E-state index in [-0.39, 0.29) is 23.3 Å². The monoisotopic (exact) mass is 615 g/mol. The first-order chi connectivity index (χ1) is 20.6. The van der Waals surface area contributed by atoms with Crippen LogP contribution in [0.4, 0.5) is 29.1 Å². The molecule has 4 aromatic rings. The molecule has 4 heterocycles. The molecule has 2 aliphatic rings. The van der Waals surface area contributed by atoms with Crippen molar-refractivity contribution in [2.45, 2.75) is 37.5 Å². The van der Waals surface area contributed by atoms with Crippen molar-refractivity contribution in [3.8, 4) is 17.0 Å². The fraction of sp³-hybridized carbons (Fsp3) is 0.379. The maximum atomic E-state index is 14.4. The Morgan fingerprint density at radius 2 is 1.88 bits per heavy atom. The molecule has 2 aromatic heterocycles. The van der Waals surface area contributed by atoms with Gasteiger partial charge in [0.15, 0.2) is 5.65 Å². The van der Waals surface area contributed by atoms with E-state index in [0.717, 1.165) is 32.0 Å². The number of carbonyl (C=O) groups is 1. The number of thioether (sulfide) groups is 1. The van der Waals surface area contributed by atoms with Crippen LogP contribution in [0.5, 0.6) is 5.75 Å². The Hall–Kier alpha value is -3.91. The number of alkyl halides is 3. The molecule has 226 valence electrons. The van der Waals surface area contributed by atoms with Gasteiger partial charge < -0.3 is 15.8 Å². The number of halogens is 4. The van der Waals surface area contributed by atoms with Crippen LogP contribution in [0.3, 0.4) is 0 Å². The van der Waals surface area contributed by atoms with Crippen molar-refractivity contribution in [1.82, 2.24) is 24.6 Å². The fourth-order valence-electron chi connectivity index (χ4n) is 5.76. The number of nitrogens with zero attached hydrogens (tertiary/aromatic N) is 5. The van der Waals surface area contributed by atoms with E-state index < -0.39 is 29.0 Å². The molecule has 6 rings (SSSR count). The third-order valence-corrected chi connectivity index (χ3v) is 9.19. The number of ether oxygens (including phenoxy) is 1. The predicted molar refractivity (Wildman–Crippen MR) is 157 cm³/mol. The lowest BCUT2D eigenvalue weighted by Crippen LogP contribution is -2.42. The van der Waals surface area contributed by atoms with Crippen LogP contribution in [0.1, 0.15) is 41.2 Å². The third-order valence-electron chi connectivity index (χ3n) is 8.05. The first-order valence-electron chi connectivity index (χ1n) is 13.8. The van der Waals surface area contributed by atoms with Gasteiger partial charge in [0.1, 0.15) is 29.4 Å². The highest BCUT2D eigenvalue weighted by atomic mass is 32.2. The summed E-state index contributed by atoms with van der Waals surface area (Å²) >= 11 is 2.01. The Morgan fingerprint density at radius 1 is 1.09 bits per heavy atom. The second-order valence-electron chi connectivity index (χ2n) is 10.6. The third kappa shape index (κ3) is 5.73. The summed E-state index contributed by atoms with van der Waals surface area (Å²) in [7, 11) is 1.40. The molecule has 0 saturated carbocycles. The van der Waals surface area contributed by atoms with Crippen LogP contribution in [-0.2, 0) is 6.18 Å². The van der Waals surface area contributed by atoms with Gasteiger partial charge in [-0.15, -0.1) is 0 Å². The molecule has 0 spiro atoms. The maximum absolute atomic E-state index is 14.4. The van der Waals surface area contributed by atoms with Gasteiger partial charge in [-0.2, -0.15) is 30.0 Å². The van der Waals surface area contributed by atoms with E-state index in [4.69, 9.17) is 15.6 Å². The summed E-state index contributed by atoms with van der Waals surface area (Å²) in [6, 6.07) is 7.41. The second kappa shape index (κ2) is 11.6. The molecule has 1 atom stereocenters. The molecule has 1 unspecified atom stereocenters. The molecule has 14 heteroatoms. The van der Waals surface area contributed by atoms with E-state index >= 15 is 0 Å². The number of hydrogen-bond acceptors (Lipinski definition) is 8. The zero-order valence-electron chi connectivity index (χ0n) is 23.2. The van der Waals surface area contributed by atoms with E-state index in [1.165, 1.54) is 31.4 Å². The van der Waals surface area contributed by atoms with E-state index in [1.54, 1.807) is 18.2 Å². The molecular formula is C29H29F4N7O2S. The summed E-state index contributed by atoms with van der Waals surface area (Å²) < 4.78 is 60.6. The highest BCUT2D eigenvalue weighted by Crippen LogP contribution is 2.38.